The minimum Gasteiger partial charge on any atom is -0.506 e. The van der Waals surface area contributed by atoms with Crippen LogP contribution in [0.5, 0.6) is 5.75 Å². The van der Waals surface area contributed by atoms with E-state index in [4.69, 9.17) is 23.2 Å². The van der Waals surface area contributed by atoms with Crippen LogP contribution in [0, 0.1) is 0 Å². The number of hydrogen-bond acceptors (Lipinski definition) is 3. The highest BCUT2D eigenvalue weighted by molar-refractivity contribution is 6.35. The molecular weight excluding hydrogens is 259 g/mol. The first-order valence-electron chi connectivity index (χ1n) is 4.97. The first-order valence-corrected chi connectivity index (χ1v) is 5.73. The number of hydrogen-bond donors (Lipinski definition) is 2. The molecule has 1 heterocycles. The van der Waals surface area contributed by atoms with Crippen LogP contribution in [-0.4, -0.2) is 10.1 Å². The van der Waals surface area contributed by atoms with E-state index in [1.165, 1.54) is 6.07 Å². The molecule has 2 rings (SSSR count). The van der Waals surface area contributed by atoms with Crippen LogP contribution in [0.15, 0.2) is 36.7 Å². The Labute approximate surface area is 109 Å². The smallest absolute Gasteiger partial charge is 0.139 e. The average Bonchev–Trinajstić information content (AvgIpc) is 2.33. The Morgan fingerprint density at radius 1 is 1.29 bits per heavy atom. The SMILES string of the molecule is Oc1c(Cl)cc(Cl)cc1CNc1cccnc1. The number of phenolic OH excluding ortho intramolecular Hbond substituents is 1. The van der Waals surface area contributed by atoms with Crippen LogP contribution < -0.4 is 5.32 Å². The van der Waals surface area contributed by atoms with Crippen molar-refractivity contribution in [2.75, 3.05) is 5.32 Å². The third-order valence-corrected chi connectivity index (χ3v) is 2.76. The van der Waals surface area contributed by atoms with Crippen LogP contribution in [-0.2, 0) is 6.54 Å². The number of nitrogens with zero attached hydrogens (tertiary/aromatic N) is 1. The van der Waals surface area contributed by atoms with Crippen molar-refractivity contribution >= 4 is 28.9 Å². The van der Waals surface area contributed by atoms with E-state index in [1.54, 1.807) is 18.5 Å². The van der Waals surface area contributed by atoms with Crippen LogP contribution in [0.25, 0.3) is 0 Å². The molecule has 0 aliphatic heterocycles. The molecule has 0 atom stereocenters. The molecule has 1 aromatic heterocycles. The molecule has 1 aromatic carbocycles. The van der Waals surface area contributed by atoms with E-state index >= 15 is 0 Å². The Balaban J connectivity index is 2.14. The lowest BCUT2D eigenvalue weighted by molar-refractivity contribution is 0.469. The fraction of sp³-hybridized carbons (Fsp3) is 0.0833. The van der Waals surface area contributed by atoms with Gasteiger partial charge < -0.3 is 10.4 Å². The van der Waals surface area contributed by atoms with Gasteiger partial charge in [-0.25, -0.2) is 0 Å². The van der Waals surface area contributed by atoms with E-state index in [2.05, 4.69) is 10.3 Å². The number of halogens is 2. The van der Waals surface area contributed by atoms with E-state index in [0.717, 1.165) is 5.69 Å². The van der Waals surface area contributed by atoms with Crippen LogP contribution in [0.2, 0.25) is 10.0 Å². The van der Waals surface area contributed by atoms with Crippen LogP contribution >= 0.6 is 23.2 Å². The number of pyridine rings is 1. The largest absolute Gasteiger partial charge is 0.506 e. The van der Waals surface area contributed by atoms with Crippen molar-refractivity contribution in [3.05, 3.63) is 52.3 Å². The molecule has 3 nitrogen and oxygen atoms in total. The number of rotatable bonds is 3. The maximum Gasteiger partial charge on any atom is 0.139 e. The van der Waals surface area contributed by atoms with Gasteiger partial charge in [0.2, 0.25) is 0 Å². The van der Waals surface area contributed by atoms with Gasteiger partial charge in [-0.2, -0.15) is 0 Å². The highest BCUT2D eigenvalue weighted by Crippen LogP contribution is 2.31. The fourth-order valence-electron chi connectivity index (χ4n) is 1.42. The van der Waals surface area contributed by atoms with Gasteiger partial charge in [0.05, 0.1) is 10.7 Å². The molecule has 5 heteroatoms. The molecule has 17 heavy (non-hydrogen) atoms. The molecule has 0 fully saturated rings. The predicted octanol–water partition coefficient (Wildman–Crippen LogP) is 3.71. The second kappa shape index (κ2) is 5.25. The number of nitrogens with one attached hydrogen (secondary N) is 1. The molecule has 0 unspecified atom stereocenters. The number of anilines is 1. The second-order valence-corrected chi connectivity index (χ2v) is 4.33. The van der Waals surface area contributed by atoms with Gasteiger partial charge in [-0.3, -0.25) is 4.98 Å². The van der Waals surface area contributed by atoms with Gasteiger partial charge in [0.25, 0.3) is 0 Å². The van der Waals surface area contributed by atoms with E-state index in [0.29, 0.717) is 17.1 Å². The molecule has 2 aromatic rings. The van der Waals surface area contributed by atoms with Crippen molar-refractivity contribution in [2.45, 2.75) is 6.54 Å². The van der Waals surface area contributed by atoms with Crippen molar-refractivity contribution < 1.29 is 5.11 Å². The molecule has 0 radical (unpaired) electrons. The average molecular weight is 269 g/mol. The maximum atomic E-state index is 9.75. The summed E-state index contributed by atoms with van der Waals surface area (Å²) in [5.74, 6) is 0.0486. The summed E-state index contributed by atoms with van der Waals surface area (Å²) in [4.78, 5) is 3.98. The topological polar surface area (TPSA) is 45.1 Å². The molecule has 0 amide bonds. The van der Waals surface area contributed by atoms with Crippen molar-refractivity contribution in [3.63, 3.8) is 0 Å². The summed E-state index contributed by atoms with van der Waals surface area (Å²) in [6.07, 6.45) is 3.39. The Kier molecular flexibility index (Phi) is 3.71. The summed E-state index contributed by atoms with van der Waals surface area (Å²) in [5, 5.41) is 13.6. The summed E-state index contributed by atoms with van der Waals surface area (Å²) < 4.78 is 0. The van der Waals surface area contributed by atoms with Crippen LogP contribution in [0.3, 0.4) is 0 Å². The van der Waals surface area contributed by atoms with Gasteiger partial charge in [-0.15, -0.1) is 0 Å². The molecular formula is C12H10Cl2N2O. The minimum absolute atomic E-state index is 0.0486. The van der Waals surface area contributed by atoms with Gasteiger partial charge >= 0.3 is 0 Å². The van der Waals surface area contributed by atoms with Crippen LogP contribution in [0.1, 0.15) is 5.56 Å². The molecule has 0 saturated heterocycles. The standard InChI is InChI=1S/C12H10Cl2N2O/c13-9-4-8(12(17)11(14)5-9)6-16-10-2-1-3-15-7-10/h1-5,7,16-17H,6H2. The van der Waals surface area contributed by atoms with Gasteiger partial charge in [-0.05, 0) is 24.3 Å². The van der Waals surface area contributed by atoms with Crippen molar-refractivity contribution in [2.24, 2.45) is 0 Å². The molecule has 0 aliphatic rings. The zero-order valence-corrected chi connectivity index (χ0v) is 10.3. The summed E-state index contributed by atoms with van der Waals surface area (Å²) in [7, 11) is 0. The highest BCUT2D eigenvalue weighted by Gasteiger charge is 2.07. The fourth-order valence-corrected chi connectivity index (χ4v) is 1.95. The molecule has 0 bridgehead atoms. The van der Waals surface area contributed by atoms with Crippen molar-refractivity contribution in [1.29, 1.82) is 0 Å². The lowest BCUT2D eigenvalue weighted by Crippen LogP contribution is -2.00. The summed E-state index contributed by atoms with van der Waals surface area (Å²) in [6, 6.07) is 6.89. The Morgan fingerprint density at radius 3 is 2.82 bits per heavy atom. The van der Waals surface area contributed by atoms with E-state index in [-0.39, 0.29) is 10.8 Å². The third kappa shape index (κ3) is 3.02. The first-order chi connectivity index (χ1) is 8.16. The maximum absolute atomic E-state index is 9.75. The van der Waals surface area contributed by atoms with Crippen molar-refractivity contribution in [1.82, 2.24) is 4.98 Å². The van der Waals surface area contributed by atoms with Gasteiger partial charge in [0.15, 0.2) is 0 Å². The van der Waals surface area contributed by atoms with Gasteiger partial charge in [-0.1, -0.05) is 23.2 Å². The van der Waals surface area contributed by atoms with Crippen molar-refractivity contribution in [3.8, 4) is 5.75 Å². The lowest BCUT2D eigenvalue weighted by atomic mass is 10.2. The van der Waals surface area contributed by atoms with E-state index < -0.39 is 0 Å². The third-order valence-electron chi connectivity index (χ3n) is 2.25. The summed E-state index contributed by atoms with van der Waals surface area (Å²) >= 11 is 11.7. The lowest BCUT2D eigenvalue weighted by Gasteiger charge is -2.09. The summed E-state index contributed by atoms with van der Waals surface area (Å²) in [5.41, 5.74) is 1.51. The van der Waals surface area contributed by atoms with E-state index in [1.807, 2.05) is 12.1 Å². The number of benzene rings is 1. The molecule has 0 spiro atoms. The second-order valence-electron chi connectivity index (χ2n) is 3.49. The quantitative estimate of drug-likeness (QED) is 0.892. The Morgan fingerprint density at radius 2 is 2.12 bits per heavy atom. The highest BCUT2D eigenvalue weighted by atomic mass is 35.5. The molecule has 0 saturated carbocycles. The number of aromatic nitrogens is 1. The van der Waals surface area contributed by atoms with Gasteiger partial charge in [0.1, 0.15) is 5.75 Å². The zero-order valence-electron chi connectivity index (χ0n) is 8.82. The monoisotopic (exact) mass is 268 g/mol. The normalized spacial score (nSPS) is 10.2. The van der Waals surface area contributed by atoms with Crippen LogP contribution in [0.4, 0.5) is 5.69 Å². The first kappa shape index (κ1) is 12.0. The number of aromatic hydroxyl groups is 1. The Bertz CT molecular complexity index is 517. The number of phenols is 1. The zero-order chi connectivity index (χ0) is 12.3. The van der Waals surface area contributed by atoms with E-state index in [9.17, 15) is 5.11 Å². The minimum atomic E-state index is 0.0486. The van der Waals surface area contributed by atoms with Gasteiger partial charge in [0, 0.05) is 29.5 Å². The molecule has 0 aliphatic carbocycles. The summed E-state index contributed by atoms with van der Waals surface area (Å²) in [6.45, 7) is 0.428. The predicted molar refractivity (Wildman–Crippen MR) is 69.7 cm³/mol. The molecule has 88 valence electrons. The Hall–Kier alpha value is -1.45. The molecule has 2 N–H and O–H groups in total.